The van der Waals surface area contributed by atoms with E-state index in [2.05, 4.69) is 209 Å². The molecule has 12 rings (SSSR count). The quantitative estimate of drug-likeness (QED) is 0.193. The standard InChI is InChI=1S/C52H34N4/c1-2-15-38(16-3-1)55-46-21-11-8-18-41(46)42-31-43-49(32-48(42)55)56(47-29-26-34-13-6-7-17-40(34)50(43)47)39-27-24-35(25-28-39)51-52(54-45-20-10-9-19-44(45)53-51)37-23-22-33-12-4-5-14-36(33)30-37/h1-32,52,54H. The molecule has 1 unspecified atom stereocenters. The van der Waals surface area contributed by atoms with Crippen LogP contribution in [0.1, 0.15) is 17.2 Å². The van der Waals surface area contributed by atoms with Crippen LogP contribution in [-0.4, -0.2) is 14.8 Å². The minimum atomic E-state index is -0.104. The predicted molar refractivity (Wildman–Crippen MR) is 236 cm³/mol. The SMILES string of the molecule is c1ccc(-n2c3ccccc3c3cc4c5c6ccccc6ccc5n(-c5ccc(C6=Nc7ccccc7NC6c6ccc7ccccc7c6)cc5)c4cc32)cc1. The number of nitrogens with zero attached hydrogens (tertiary/aromatic N) is 3. The Morgan fingerprint density at radius 3 is 1.95 bits per heavy atom. The van der Waals surface area contributed by atoms with E-state index < -0.39 is 0 Å². The molecule has 3 heterocycles. The van der Waals surface area contributed by atoms with Crippen molar-refractivity contribution in [3.8, 4) is 11.4 Å². The Bertz CT molecular complexity index is 3390. The van der Waals surface area contributed by atoms with Crippen molar-refractivity contribution in [2.24, 2.45) is 4.99 Å². The molecule has 56 heavy (non-hydrogen) atoms. The molecule has 1 N–H and O–H groups in total. The molecule has 4 nitrogen and oxygen atoms in total. The first-order valence-electron chi connectivity index (χ1n) is 19.2. The Balaban J connectivity index is 1.08. The molecule has 9 aromatic carbocycles. The molecule has 2 aromatic heterocycles. The molecule has 1 atom stereocenters. The molecule has 262 valence electrons. The maximum absolute atomic E-state index is 5.32. The Kier molecular flexibility index (Phi) is 6.66. The second-order valence-corrected chi connectivity index (χ2v) is 14.8. The van der Waals surface area contributed by atoms with E-state index in [4.69, 9.17) is 4.99 Å². The summed E-state index contributed by atoms with van der Waals surface area (Å²) in [6, 6.07) is 70.2. The molecular formula is C52H34N4. The second kappa shape index (κ2) is 12.0. The molecule has 0 amide bonds. The van der Waals surface area contributed by atoms with E-state index in [-0.39, 0.29) is 6.04 Å². The Morgan fingerprint density at radius 2 is 1.07 bits per heavy atom. The fraction of sp³-hybridized carbons (Fsp3) is 0.0192. The summed E-state index contributed by atoms with van der Waals surface area (Å²) >= 11 is 0. The monoisotopic (exact) mass is 714 g/mol. The summed E-state index contributed by atoms with van der Waals surface area (Å²) in [5.74, 6) is 0. The Morgan fingerprint density at radius 1 is 0.411 bits per heavy atom. The summed E-state index contributed by atoms with van der Waals surface area (Å²) in [4.78, 5) is 5.32. The lowest BCUT2D eigenvalue weighted by Crippen LogP contribution is -2.25. The summed E-state index contributed by atoms with van der Waals surface area (Å²) in [5, 5.41) is 13.8. The van der Waals surface area contributed by atoms with E-state index in [1.807, 2.05) is 0 Å². The highest BCUT2D eigenvalue weighted by Gasteiger charge is 2.26. The van der Waals surface area contributed by atoms with Gasteiger partial charge < -0.3 is 14.5 Å². The van der Waals surface area contributed by atoms with E-state index in [1.165, 1.54) is 70.7 Å². The van der Waals surface area contributed by atoms with E-state index in [1.54, 1.807) is 0 Å². The molecule has 0 spiro atoms. The molecular weight excluding hydrogens is 681 g/mol. The molecule has 11 aromatic rings. The van der Waals surface area contributed by atoms with Crippen LogP contribution in [0.5, 0.6) is 0 Å². The number of nitrogens with one attached hydrogen (secondary N) is 1. The predicted octanol–water partition coefficient (Wildman–Crippen LogP) is 13.5. The zero-order valence-electron chi connectivity index (χ0n) is 30.4. The molecule has 0 aliphatic carbocycles. The van der Waals surface area contributed by atoms with Gasteiger partial charge in [0.15, 0.2) is 0 Å². The summed E-state index contributed by atoms with van der Waals surface area (Å²) in [6.45, 7) is 0. The smallest absolute Gasteiger partial charge is 0.0947 e. The number of aliphatic imine (C=N–C) groups is 1. The van der Waals surface area contributed by atoms with Gasteiger partial charge in [-0.1, -0.05) is 127 Å². The zero-order chi connectivity index (χ0) is 36.7. The van der Waals surface area contributed by atoms with E-state index in [0.717, 1.165) is 34.0 Å². The van der Waals surface area contributed by atoms with Gasteiger partial charge in [-0.3, -0.25) is 0 Å². The van der Waals surface area contributed by atoms with Gasteiger partial charge in [0.1, 0.15) is 0 Å². The minimum Gasteiger partial charge on any atom is -0.371 e. The first-order valence-corrected chi connectivity index (χ1v) is 19.2. The number of para-hydroxylation sites is 4. The summed E-state index contributed by atoms with van der Waals surface area (Å²) in [6.07, 6.45) is 0. The Labute approximate surface area is 323 Å². The zero-order valence-corrected chi connectivity index (χ0v) is 30.4. The third-order valence-electron chi connectivity index (χ3n) is 11.7. The van der Waals surface area contributed by atoms with Gasteiger partial charge in [-0.2, -0.15) is 0 Å². The van der Waals surface area contributed by atoms with Gasteiger partial charge in [-0.15, -0.1) is 0 Å². The van der Waals surface area contributed by atoms with Crippen LogP contribution in [0.2, 0.25) is 0 Å². The van der Waals surface area contributed by atoms with Crippen molar-refractivity contribution >= 4 is 82.2 Å². The maximum Gasteiger partial charge on any atom is 0.0947 e. The second-order valence-electron chi connectivity index (χ2n) is 14.8. The molecule has 0 fully saturated rings. The molecule has 0 bridgehead atoms. The van der Waals surface area contributed by atoms with Gasteiger partial charge in [0, 0.05) is 32.9 Å². The number of anilines is 1. The van der Waals surface area contributed by atoms with Crippen LogP contribution in [0, 0.1) is 0 Å². The summed E-state index contributed by atoms with van der Waals surface area (Å²) in [7, 11) is 0. The van der Waals surface area contributed by atoms with Gasteiger partial charge >= 0.3 is 0 Å². The average Bonchev–Trinajstić information content (AvgIpc) is 3.77. The highest BCUT2D eigenvalue weighted by Crippen LogP contribution is 2.43. The molecule has 0 saturated heterocycles. The summed E-state index contributed by atoms with van der Waals surface area (Å²) < 4.78 is 4.86. The molecule has 1 aliphatic heterocycles. The van der Waals surface area contributed by atoms with Gasteiger partial charge in [0.05, 0.1) is 45.2 Å². The lowest BCUT2D eigenvalue weighted by atomic mass is 9.92. The minimum absolute atomic E-state index is 0.104. The van der Waals surface area contributed by atoms with Gasteiger partial charge in [-0.25, -0.2) is 4.99 Å². The number of hydrogen-bond donors (Lipinski definition) is 1. The first kappa shape index (κ1) is 31.0. The van der Waals surface area contributed by atoms with Crippen molar-refractivity contribution in [2.45, 2.75) is 6.04 Å². The fourth-order valence-corrected chi connectivity index (χ4v) is 9.13. The molecule has 0 radical (unpaired) electrons. The summed E-state index contributed by atoms with van der Waals surface area (Å²) in [5.41, 5.74) is 12.3. The van der Waals surface area contributed by atoms with E-state index in [9.17, 15) is 0 Å². The van der Waals surface area contributed by atoms with Crippen LogP contribution in [0.3, 0.4) is 0 Å². The van der Waals surface area contributed by atoms with Gasteiger partial charge in [-0.05, 0) is 99.4 Å². The van der Waals surface area contributed by atoms with Crippen LogP contribution in [0.4, 0.5) is 11.4 Å². The number of fused-ring (bicyclic) bond motifs is 10. The van der Waals surface area contributed by atoms with Crippen LogP contribution >= 0.6 is 0 Å². The third-order valence-corrected chi connectivity index (χ3v) is 11.7. The van der Waals surface area contributed by atoms with Crippen molar-refractivity contribution in [1.29, 1.82) is 0 Å². The average molecular weight is 715 g/mol. The normalized spacial score (nSPS) is 14.1. The number of rotatable bonds is 4. The topological polar surface area (TPSA) is 34.2 Å². The number of aromatic nitrogens is 2. The van der Waals surface area contributed by atoms with Crippen LogP contribution < -0.4 is 5.32 Å². The van der Waals surface area contributed by atoms with E-state index >= 15 is 0 Å². The van der Waals surface area contributed by atoms with Gasteiger partial charge in [0.25, 0.3) is 0 Å². The highest BCUT2D eigenvalue weighted by atomic mass is 15.0. The lowest BCUT2D eigenvalue weighted by molar-refractivity contribution is 1.02. The van der Waals surface area contributed by atoms with Crippen molar-refractivity contribution in [3.63, 3.8) is 0 Å². The van der Waals surface area contributed by atoms with Crippen molar-refractivity contribution in [2.75, 3.05) is 5.32 Å². The third kappa shape index (κ3) is 4.63. The van der Waals surface area contributed by atoms with Crippen molar-refractivity contribution in [3.05, 3.63) is 205 Å². The largest absolute Gasteiger partial charge is 0.371 e. The number of benzene rings is 9. The number of hydrogen-bond acceptors (Lipinski definition) is 2. The van der Waals surface area contributed by atoms with Crippen LogP contribution in [0.25, 0.3) is 76.5 Å². The highest BCUT2D eigenvalue weighted by molar-refractivity contribution is 6.25. The van der Waals surface area contributed by atoms with Crippen molar-refractivity contribution in [1.82, 2.24) is 9.13 Å². The first-order chi connectivity index (χ1) is 27.8. The lowest BCUT2D eigenvalue weighted by Gasteiger charge is -2.28. The van der Waals surface area contributed by atoms with Crippen LogP contribution in [-0.2, 0) is 0 Å². The molecule has 4 heteroatoms. The molecule has 1 aliphatic rings. The molecule has 0 saturated carbocycles. The fourth-order valence-electron chi connectivity index (χ4n) is 9.13. The Hall–Kier alpha value is -7.43. The van der Waals surface area contributed by atoms with Crippen molar-refractivity contribution < 1.29 is 0 Å². The maximum atomic E-state index is 5.32. The van der Waals surface area contributed by atoms with E-state index in [0.29, 0.717) is 0 Å². The van der Waals surface area contributed by atoms with Gasteiger partial charge in [0.2, 0.25) is 0 Å². The van der Waals surface area contributed by atoms with Crippen LogP contribution in [0.15, 0.2) is 199 Å².